The molecule has 0 radical (unpaired) electrons. The zero-order chi connectivity index (χ0) is 14.8. The van der Waals surface area contributed by atoms with Crippen LogP contribution in [0.4, 0.5) is 0 Å². The number of likely N-dealkylation sites (tertiary alicyclic amines) is 1. The van der Waals surface area contributed by atoms with Gasteiger partial charge in [-0.15, -0.1) is 0 Å². The lowest BCUT2D eigenvalue weighted by Gasteiger charge is -2.18. The Labute approximate surface area is 125 Å². The summed E-state index contributed by atoms with van der Waals surface area (Å²) in [6.07, 6.45) is 3.31. The van der Waals surface area contributed by atoms with Gasteiger partial charge in [-0.2, -0.15) is 0 Å². The standard InChI is InChI=1S/C17H21NO3/c1-3-8-20-15-6-4-13(5-7-15)17(19)18-10-14-9-12(2)21-16(14)11-18/h3-7,12,14,16H,1,8-11H2,2H3/t12-,14+,16-/m0/s1. The SMILES string of the molecule is C=CCOc1ccc(C(=O)N2C[C@H]3C[C@H](C)O[C@H]3C2)cc1. The maximum atomic E-state index is 12.5. The predicted octanol–water partition coefficient (Wildman–Crippen LogP) is 2.50. The van der Waals surface area contributed by atoms with E-state index < -0.39 is 0 Å². The minimum atomic E-state index is 0.0796. The third kappa shape index (κ3) is 2.95. The molecule has 3 rings (SSSR count). The second-order valence-corrected chi connectivity index (χ2v) is 5.82. The summed E-state index contributed by atoms with van der Waals surface area (Å²) in [6.45, 7) is 7.70. The first kappa shape index (κ1) is 14.1. The van der Waals surface area contributed by atoms with Crippen LogP contribution in [0.2, 0.25) is 0 Å². The van der Waals surface area contributed by atoms with Crippen LogP contribution in [-0.4, -0.2) is 42.7 Å². The summed E-state index contributed by atoms with van der Waals surface area (Å²) in [4.78, 5) is 14.4. The number of ether oxygens (including phenoxy) is 2. The van der Waals surface area contributed by atoms with Gasteiger partial charge in [-0.05, 0) is 37.6 Å². The molecule has 1 aromatic rings. The molecule has 4 nitrogen and oxygen atoms in total. The summed E-state index contributed by atoms with van der Waals surface area (Å²) < 4.78 is 11.3. The lowest BCUT2D eigenvalue weighted by atomic mass is 10.0. The predicted molar refractivity (Wildman–Crippen MR) is 80.5 cm³/mol. The van der Waals surface area contributed by atoms with Crippen LogP contribution in [0.1, 0.15) is 23.7 Å². The highest BCUT2D eigenvalue weighted by atomic mass is 16.5. The lowest BCUT2D eigenvalue weighted by Crippen LogP contribution is -2.31. The molecule has 2 fully saturated rings. The summed E-state index contributed by atoms with van der Waals surface area (Å²) in [6, 6.07) is 7.29. The summed E-state index contributed by atoms with van der Waals surface area (Å²) in [5, 5.41) is 0. The molecule has 1 aromatic carbocycles. The molecule has 0 aliphatic carbocycles. The highest BCUT2D eigenvalue weighted by Gasteiger charge is 2.42. The van der Waals surface area contributed by atoms with E-state index in [4.69, 9.17) is 9.47 Å². The third-order valence-corrected chi connectivity index (χ3v) is 4.18. The van der Waals surface area contributed by atoms with Crippen LogP contribution in [0.3, 0.4) is 0 Å². The van der Waals surface area contributed by atoms with Crippen LogP contribution in [-0.2, 0) is 4.74 Å². The fraction of sp³-hybridized carbons (Fsp3) is 0.471. The molecular weight excluding hydrogens is 266 g/mol. The van der Waals surface area contributed by atoms with Gasteiger partial charge in [0, 0.05) is 24.6 Å². The summed E-state index contributed by atoms with van der Waals surface area (Å²) >= 11 is 0. The summed E-state index contributed by atoms with van der Waals surface area (Å²) in [7, 11) is 0. The van der Waals surface area contributed by atoms with Gasteiger partial charge >= 0.3 is 0 Å². The number of amides is 1. The number of carbonyl (C=O) groups is 1. The Bertz CT molecular complexity index is 511. The number of carbonyl (C=O) groups excluding carboxylic acids is 1. The van der Waals surface area contributed by atoms with Gasteiger partial charge in [0.25, 0.3) is 5.91 Å². The Morgan fingerprint density at radius 1 is 1.43 bits per heavy atom. The van der Waals surface area contributed by atoms with Crippen LogP contribution in [0.15, 0.2) is 36.9 Å². The largest absolute Gasteiger partial charge is 0.490 e. The van der Waals surface area contributed by atoms with Crippen LogP contribution >= 0.6 is 0 Å². The topological polar surface area (TPSA) is 38.8 Å². The molecule has 112 valence electrons. The van der Waals surface area contributed by atoms with E-state index >= 15 is 0 Å². The van der Waals surface area contributed by atoms with Gasteiger partial charge in [-0.1, -0.05) is 12.7 Å². The van der Waals surface area contributed by atoms with Crippen molar-refractivity contribution in [3.8, 4) is 5.75 Å². The molecule has 0 unspecified atom stereocenters. The van der Waals surface area contributed by atoms with Crippen molar-refractivity contribution in [1.29, 1.82) is 0 Å². The van der Waals surface area contributed by atoms with Gasteiger partial charge in [0.1, 0.15) is 12.4 Å². The van der Waals surface area contributed by atoms with Crippen LogP contribution in [0.5, 0.6) is 5.75 Å². The van der Waals surface area contributed by atoms with Gasteiger partial charge in [0.15, 0.2) is 0 Å². The average molecular weight is 287 g/mol. The molecule has 2 aliphatic rings. The first-order chi connectivity index (χ1) is 10.2. The third-order valence-electron chi connectivity index (χ3n) is 4.18. The minimum absolute atomic E-state index is 0.0796. The second kappa shape index (κ2) is 5.90. The molecule has 2 heterocycles. The number of rotatable bonds is 4. The smallest absolute Gasteiger partial charge is 0.253 e. The molecule has 1 amide bonds. The van der Waals surface area contributed by atoms with Crippen LogP contribution in [0.25, 0.3) is 0 Å². The van der Waals surface area contributed by atoms with E-state index in [9.17, 15) is 4.79 Å². The van der Waals surface area contributed by atoms with Crippen molar-refractivity contribution in [3.05, 3.63) is 42.5 Å². The molecule has 2 saturated heterocycles. The number of hydrogen-bond donors (Lipinski definition) is 0. The number of hydrogen-bond acceptors (Lipinski definition) is 3. The molecule has 2 aliphatic heterocycles. The second-order valence-electron chi connectivity index (χ2n) is 5.82. The zero-order valence-electron chi connectivity index (χ0n) is 12.3. The van der Waals surface area contributed by atoms with Gasteiger partial charge in [0.2, 0.25) is 0 Å². The Kier molecular flexibility index (Phi) is 3.97. The molecule has 4 heteroatoms. The Morgan fingerprint density at radius 2 is 2.19 bits per heavy atom. The first-order valence-corrected chi connectivity index (χ1v) is 7.46. The van der Waals surface area contributed by atoms with Gasteiger partial charge in [0.05, 0.1) is 12.2 Å². The van der Waals surface area contributed by atoms with E-state index in [0.717, 1.165) is 18.7 Å². The van der Waals surface area contributed by atoms with Gasteiger partial charge < -0.3 is 14.4 Å². The summed E-state index contributed by atoms with van der Waals surface area (Å²) in [5.74, 6) is 1.33. The molecule has 3 atom stereocenters. The van der Waals surface area contributed by atoms with Crippen molar-refractivity contribution in [2.75, 3.05) is 19.7 Å². The average Bonchev–Trinajstić information content (AvgIpc) is 3.02. The van der Waals surface area contributed by atoms with Crippen LogP contribution < -0.4 is 4.74 Å². The first-order valence-electron chi connectivity index (χ1n) is 7.46. The Hall–Kier alpha value is -1.81. The van der Waals surface area contributed by atoms with Gasteiger partial charge in [-0.25, -0.2) is 0 Å². The van der Waals surface area contributed by atoms with E-state index in [1.165, 1.54) is 0 Å². The van der Waals surface area contributed by atoms with Gasteiger partial charge in [-0.3, -0.25) is 4.79 Å². The van der Waals surface area contributed by atoms with E-state index in [1.54, 1.807) is 6.08 Å². The number of nitrogens with zero attached hydrogens (tertiary/aromatic N) is 1. The maximum Gasteiger partial charge on any atom is 0.253 e. The molecule has 21 heavy (non-hydrogen) atoms. The highest BCUT2D eigenvalue weighted by molar-refractivity contribution is 5.94. The molecule has 0 saturated carbocycles. The van der Waals surface area contributed by atoms with Crippen molar-refractivity contribution in [1.82, 2.24) is 4.90 Å². The number of benzene rings is 1. The van der Waals surface area contributed by atoms with E-state index in [1.807, 2.05) is 29.2 Å². The fourth-order valence-electron chi connectivity index (χ4n) is 3.20. The fourth-order valence-corrected chi connectivity index (χ4v) is 3.20. The normalized spacial score (nSPS) is 27.5. The molecule has 0 bridgehead atoms. The Morgan fingerprint density at radius 3 is 2.86 bits per heavy atom. The summed E-state index contributed by atoms with van der Waals surface area (Å²) in [5.41, 5.74) is 0.703. The van der Waals surface area contributed by atoms with E-state index in [2.05, 4.69) is 13.5 Å². The molecular formula is C17H21NO3. The maximum absolute atomic E-state index is 12.5. The van der Waals surface area contributed by atoms with E-state index in [0.29, 0.717) is 30.7 Å². The monoisotopic (exact) mass is 287 g/mol. The Balaban J connectivity index is 1.62. The molecule has 0 aromatic heterocycles. The van der Waals surface area contributed by atoms with Crippen LogP contribution in [0, 0.1) is 5.92 Å². The van der Waals surface area contributed by atoms with Crippen molar-refractivity contribution in [2.45, 2.75) is 25.6 Å². The van der Waals surface area contributed by atoms with Crippen molar-refractivity contribution < 1.29 is 14.3 Å². The molecule has 0 N–H and O–H groups in total. The zero-order valence-corrected chi connectivity index (χ0v) is 12.3. The lowest BCUT2D eigenvalue weighted by molar-refractivity contribution is 0.0443. The minimum Gasteiger partial charge on any atom is -0.490 e. The quantitative estimate of drug-likeness (QED) is 0.799. The molecule has 0 spiro atoms. The van der Waals surface area contributed by atoms with Crippen molar-refractivity contribution in [3.63, 3.8) is 0 Å². The van der Waals surface area contributed by atoms with Crippen molar-refractivity contribution >= 4 is 5.91 Å². The van der Waals surface area contributed by atoms with E-state index in [-0.39, 0.29) is 12.0 Å². The van der Waals surface area contributed by atoms with Crippen molar-refractivity contribution in [2.24, 2.45) is 5.92 Å². The highest BCUT2D eigenvalue weighted by Crippen LogP contribution is 2.33. The number of fused-ring (bicyclic) bond motifs is 1.